The standard InChI is InChI=1S/C17H14N6O2/c24-17(12-6-10-23-13(11-12)4-9-20-23)19-8-5-15-21-16(22-25-15)14-3-1-2-7-18-14/h1-4,6-7,9-11H,5,8H2,(H,19,24). The molecule has 0 spiro atoms. The van der Waals surface area contributed by atoms with Crippen molar-refractivity contribution in [1.29, 1.82) is 0 Å². The highest BCUT2D eigenvalue weighted by Gasteiger charge is 2.11. The van der Waals surface area contributed by atoms with E-state index in [4.69, 9.17) is 4.52 Å². The third kappa shape index (κ3) is 3.23. The number of amides is 1. The van der Waals surface area contributed by atoms with Gasteiger partial charge in [0.15, 0.2) is 0 Å². The van der Waals surface area contributed by atoms with Gasteiger partial charge < -0.3 is 9.84 Å². The number of rotatable bonds is 5. The lowest BCUT2D eigenvalue weighted by atomic mass is 10.2. The molecule has 4 aromatic rings. The fourth-order valence-corrected chi connectivity index (χ4v) is 2.40. The lowest BCUT2D eigenvalue weighted by Gasteiger charge is -2.04. The summed E-state index contributed by atoms with van der Waals surface area (Å²) in [7, 11) is 0. The Kier molecular flexibility index (Phi) is 3.91. The summed E-state index contributed by atoms with van der Waals surface area (Å²) in [5, 5.41) is 10.8. The molecule has 0 aliphatic rings. The Bertz CT molecular complexity index is 1010. The van der Waals surface area contributed by atoms with E-state index in [1.807, 2.05) is 24.3 Å². The molecule has 8 nitrogen and oxygen atoms in total. The van der Waals surface area contributed by atoms with E-state index < -0.39 is 0 Å². The third-order valence-corrected chi connectivity index (χ3v) is 3.65. The van der Waals surface area contributed by atoms with Gasteiger partial charge in [0, 0.05) is 37.1 Å². The van der Waals surface area contributed by atoms with Crippen molar-refractivity contribution in [2.75, 3.05) is 6.54 Å². The molecule has 0 radical (unpaired) electrons. The van der Waals surface area contributed by atoms with Crippen LogP contribution in [0.3, 0.4) is 0 Å². The SMILES string of the molecule is O=C(NCCc1nc(-c2ccccn2)no1)c1ccn2nccc2c1. The van der Waals surface area contributed by atoms with Crippen molar-refractivity contribution in [3.05, 3.63) is 66.4 Å². The number of hydrogen-bond acceptors (Lipinski definition) is 6. The summed E-state index contributed by atoms with van der Waals surface area (Å²) < 4.78 is 6.89. The molecule has 0 unspecified atom stereocenters. The van der Waals surface area contributed by atoms with Gasteiger partial charge in [0.25, 0.3) is 5.91 Å². The fourth-order valence-electron chi connectivity index (χ4n) is 2.40. The van der Waals surface area contributed by atoms with Gasteiger partial charge in [-0.05, 0) is 30.3 Å². The van der Waals surface area contributed by atoms with Crippen molar-refractivity contribution < 1.29 is 9.32 Å². The molecule has 0 bridgehead atoms. The first-order valence-corrected chi connectivity index (χ1v) is 7.75. The van der Waals surface area contributed by atoms with Crippen molar-refractivity contribution in [2.45, 2.75) is 6.42 Å². The molecule has 0 aliphatic heterocycles. The van der Waals surface area contributed by atoms with E-state index in [0.29, 0.717) is 35.9 Å². The van der Waals surface area contributed by atoms with Crippen LogP contribution in [-0.2, 0) is 6.42 Å². The molecular weight excluding hydrogens is 320 g/mol. The predicted molar refractivity (Wildman–Crippen MR) is 88.8 cm³/mol. The van der Waals surface area contributed by atoms with Gasteiger partial charge in [-0.25, -0.2) is 4.52 Å². The molecule has 0 atom stereocenters. The molecule has 124 valence electrons. The number of pyridine rings is 2. The number of fused-ring (bicyclic) bond motifs is 1. The van der Waals surface area contributed by atoms with E-state index in [9.17, 15) is 4.79 Å². The normalized spacial score (nSPS) is 10.9. The summed E-state index contributed by atoms with van der Waals surface area (Å²) in [5.41, 5.74) is 2.09. The predicted octanol–water partition coefficient (Wildman–Crippen LogP) is 1.75. The van der Waals surface area contributed by atoms with Crippen LogP contribution in [0.5, 0.6) is 0 Å². The quantitative estimate of drug-likeness (QED) is 0.597. The average Bonchev–Trinajstić information content (AvgIpc) is 3.31. The van der Waals surface area contributed by atoms with E-state index in [1.54, 1.807) is 35.2 Å². The van der Waals surface area contributed by atoms with E-state index in [-0.39, 0.29) is 5.91 Å². The second-order valence-electron chi connectivity index (χ2n) is 5.35. The molecule has 0 aromatic carbocycles. The first-order valence-electron chi connectivity index (χ1n) is 7.75. The molecule has 1 amide bonds. The maximum Gasteiger partial charge on any atom is 0.251 e. The smallest absolute Gasteiger partial charge is 0.251 e. The molecule has 8 heteroatoms. The van der Waals surface area contributed by atoms with Gasteiger partial charge in [0.05, 0.1) is 5.52 Å². The monoisotopic (exact) mass is 334 g/mol. The zero-order chi connectivity index (χ0) is 17.1. The zero-order valence-corrected chi connectivity index (χ0v) is 13.2. The van der Waals surface area contributed by atoms with Crippen LogP contribution in [0.4, 0.5) is 0 Å². The summed E-state index contributed by atoms with van der Waals surface area (Å²) in [6, 6.07) is 10.8. The van der Waals surface area contributed by atoms with Crippen molar-refractivity contribution in [1.82, 2.24) is 30.1 Å². The van der Waals surface area contributed by atoms with Crippen LogP contribution in [0.1, 0.15) is 16.2 Å². The van der Waals surface area contributed by atoms with Crippen molar-refractivity contribution in [3.8, 4) is 11.5 Å². The maximum absolute atomic E-state index is 12.2. The van der Waals surface area contributed by atoms with Crippen LogP contribution in [0, 0.1) is 0 Å². The van der Waals surface area contributed by atoms with Gasteiger partial charge in [0.1, 0.15) is 5.69 Å². The first-order chi connectivity index (χ1) is 12.3. The van der Waals surface area contributed by atoms with E-state index in [2.05, 4.69) is 25.5 Å². The second kappa shape index (κ2) is 6.52. The number of hydrogen-bond donors (Lipinski definition) is 1. The van der Waals surface area contributed by atoms with Crippen LogP contribution in [0.15, 0.2) is 59.5 Å². The topological polar surface area (TPSA) is 98.2 Å². The van der Waals surface area contributed by atoms with E-state index in [0.717, 1.165) is 5.52 Å². The number of carbonyl (C=O) groups is 1. The van der Waals surface area contributed by atoms with Crippen LogP contribution < -0.4 is 5.32 Å². The third-order valence-electron chi connectivity index (χ3n) is 3.65. The minimum absolute atomic E-state index is 0.159. The Balaban J connectivity index is 1.36. The first kappa shape index (κ1) is 15.0. The number of nitrogens with one attached hydrogen (secondary N) is 1. The number of nitrogens with zero attached hydrogens (tertiary/aromatic N) is 5. The molecule has 0 saturated carbocycles. The minimum Gasteiger partial charge on any atom is -0.352 e. The Hall–Kier alpha value is -3.55. The lowest BCUT2D eigenvalue weighted by Crippen LogP contribution is -2.25. The van der Waals surface area contributed by atoms with E-state index >= 15 is 0 Å². The van der Waals surface area contributed by atoms with Gasteiger partial charge in [-0.3, -0.25) is 9.78 Å². The summed E-state index contributed by atoms with van der Waals surface area (Å²) in [6.07, 6.45) is 5.55. The molecule has 4 aromatic heterocycles. The van der Waals surface area contributed by atoms with Gasteiger partial charge in [-0.2, -0.15) is 10.1 Å². The molecule has 4 rings (SSSR count). The molecule has 0 aliphatic carbocycles. The fraction of sp³-hybridized carbons (Fsp3) is 0.118. The molecule has 1 N–H and O–H groups in total. The maximum atomic E-state index is 12.2. The summed E-state index contributed by atoms with van der Waals surface area (Å²) in [6.45, 7) is 0.396. The van der Waals surface area contributed by atoms with Gasteiger partial charge in [0.2, 0.25) is 11.7 Å². The van der Waals surface area contributed by atoms with Gasteiger partial charge >= 0.3 is 0 Å². The highest BCUT2D eigenvalue weighted by molar-refractivity contribution is 5.95. The van der Waals surface area contributed by atoms with Crippen LogP contribution in [0.2, 0.25) is 0 Å². The zero-order valence-electron chi connectivity index (χ0n) is 13.2. The average molecular weight is 334 g/mol. The van der Waals surface area contributed by atoms with Crippen LogP contribution in [-0.4, -0.2) is 37.2 Å². The molecule has 0 fully saturated rings. The highest BCUT2D eigenvalue weighted by Crippen LogP contribution is 2.12. The largest absolute Gasteiger partial charge is 0.352 e. The van der Waals surface area contributed by atoms with E-state index in [1.165, 1.54) is 0 Å². The van der Waals surface area contributed by atoms with Crippen LogP contribution >= 0.6 is 0 Å². The second-order valence-corrected chi connectivity index (χ2v) is 5.35. The Morgan fingerprint density at radius 1 is 1.20 bits per heavy atom. The van der Waals surface area contributed by atoms with Crippen molar-refractivity contribution in [3.63, 3.8) is 0 Å². The Labute approximate surface area is 142 Å². The van der Waals surface area contributed by atoms with Crippen molar-refractivity contribution >= 4 is 11.4 Å². The Morgan fingerprint density at radius 2 is 2.16 bits per heavy atom. The summed E-state index contributed by atoms with van der Waals surface area (Å²) in [4.78, 5) is 20.7. The van der Waals surface area contributed by atoms with Gasteiger partial charge in [-0.15, -0.1) is 0 Å². The van der Waals surface area contributed by atoms with Crippen molar-refractivity contribution in [2.24, 2.45) is 0 Å². The molecule has 0 saturated heterocycles. The molecule has 25 heavy (non-hydrogen) atoms. The molecule has 4 heterocycles. The number of aromatic nitrogens is 5. The lowest BCUT2D eigenvalue weighted by molar-refractivity contribution is 0.0953. The Morgan fingerprint density at radius 3 is 3.04 bits per heavy atom. The van der Waals surface area contributed by atoms with Crippen LogP contribution in [0.25, 0.3) is 17.0 Å². The van der Waals surface area contributed by atoms with Gasteiger partial charge in [-0.1, -0.05) is 11.2 Å². The highest BCUT2D eigenvalue weighted by atomic mass is 16.5. The minimum atomic E-state index is -0.159. The summed E-state index contributed by atoms with van der Waals surface area (Å²) >= 11 is 0. The molecular formula is C17H14N6O2. The summed E-state index contributed by atoms with van der Waals surface area (Å²) in [5.74, 6) is 0.730. The number of carbonyl (C=O) groups excluding carboxylic acids is 1.